The van der Waals surface area contributed by atoms with E-state index in [2.05, 4.69) is 15.9 Å². The van der Waals surface area contributed by atoms with Crippen molar-refractivity contribution in [2.24, 2.45) is 37.8 Å². The van der Waals surface area contributed by atoms with E-state index in [1.54, 1.807) is 0 Å². The van der Waals surface area contributed by atoms with Gasteiger partial charge >= 0.3 is 29.6 Å². The fourth-order valence-electron chi connectivity index (χ4n) is 0.0333. The van der Waals surface area contributed by atoms with E-state index in [-0.39, 0.29) is 87.0 Å². The maximum atomic E-state index is 8.76. The molecule has 11 N–H and O–H groups in total. The van der Waals surface area contributed by atoms with E-state index in [0.717, 1.165) is 5.34 Å². The molecule has 0 saturated heterocycles. The van der Waals surface area contributed by atoms with Crippen LogP contribution in [0, 0.1) is 39.9 Å². The first-order valence-electron chi connectivity index (χ1n) is 3.33. The third kappa shape index (κ3) is 17100. The van der Waals surface area contributed by atoms with Crippen molar-refractivity contribution in [2.45, 2.75) is 52.0 Å². The van der Waals surface area contributed by atoms with Crippen LogP contribution >= 0.6 is 0 Å². The Labute approximate surface area is 212 Å². The van der Waals surface area contributed by atoms with Crippen molar-refractivity contribution in [2.75, 3.05) is 0 Å². The van der Waals surface area contributed by atoms with Gasteiger partial charge in [0.05, 0.1) is 10.6 Å². The Morgan fingerprint density at radius 1 is 0.606 bits per heavy atom. The van der Waals surface area contributed by atoms with Crippen molar-refractivity contribution >= 4 is 0 Å². The first-order chi connectivity index (χ1) is 11.5. The zero-order chi connectivity index (χ0) is 21.1. The van der Waals surface area contributed by atoms with Crippen LogP contribution < -0.4 is 46.6 Å². The summed E-state index contributed by atoms with van der Waals surface area (Å²) in [5.74, 6) is 3.25. The minimum absolute atomic E-state index is 0. The molecule has 0 aromatic rings. The monoisotopic (exact) mass is 528 g/mol. The molecule has 0 saturated carbocycles. The van der Waals surface area contributed by atoms with Crippen LogP contribution in [-0.4, -0.2) is 31.6 Å². The zero-order valence-corrected chi connectivity index (χ0v) is 14.1. The van der Waals surface area contributed by atoms with Gasteiger partial charge in [0.1, 0.15) is 0 Å². The molecule has 0 atom stereocenters. The molecule has 0 aliphatic heterocycles. The molecule has 26 heteroatoms. The summed E-state index contributed by atoms with van der Waals surface area (Å²) in [6.45, 7) is 0. The van der Waals surface area contributed by atoms with Crippen LogP contribution in [0.1, 0.15) is 52.0 Å². The third-order valence-corrected chi connectivity index (χ3v) is 0.156. The molecule has 0 aromatic heterocycles. The summed E-state index contributed by atoms with van der Waals surface area (Å²) in [5, 5.41) is 58.5. The van der Waals surface area contributed by atoms with Crippen molar-refractivity contribution < 1.29 is 71.1 Å². The van der Waals surface area contributed by atoms with Crippen molar-refractivity contribution in [1.82, 2.24) is 11.2 Å². The Morgan fingerprint density at radius 3 is 0.697 bits per heavy atom. The first-order valence-corrected chi connectivity index (χ1v) is 3.33. The molecule has 0 aliphatic carbocycles. The Kier molecular flexibility index (Phi) is 1760. The Balaban J connectivity index is -0.00000000710. The number of nitrogens with one attached hydrogen (secondary N) is 2. The number of rotatable bonds is 4. The molecule has 0 aliphatic rings. The van der Waals surface area contributed by atoms with Crippen LogP contribution in [0.5, 0.6) is 0 Å². The van der Waals surface area contributed by atoms with Crippen molar-refractivity contribution in [3.05, 3.63) is 39.9 Å². The molecule has 0 heterocycles. The molecule has 0 radical (unpaired) electrons. The molecular weight excluding hydrogens is 489 g/mol. The van der Waals surface area contributed by atoms with Gasteiger partial charge in [0, 0.05) is 0 Å². The quantitative estimate of drug-likeness (QED) is 0.103. The van der Waals surface area contributed by atoms with E-state index < -0.39 is 0 Å². The van der Waals surface area contributed by atoms with Gasteiger partial charge in [-0.15, -0.1) is 41.1 Å². The van der Waals surface area contributed by atoms with Gasteiger partial charge in [-0.1, -0.05) is 62.0 Å². The van der Waals surface area contributed by atoms with E-state index in [9.17, 15) is 0 Å². The molecule has 0 rings (SSSR count). The largest absolute Gasteiger partial charge is 1.00 e. The standard InChI is InChI=1S/7CH4.2H2N2O3.4HNO2.H2NO.Na.H2O/c;;;;;;;2*3-1-2-5-4;4*2-1-3;1-2;;/h7*1H4;2*4H,(H,2,3);4*(H,2,3);1H2;;1H2/q;;;;;;;;;;;;;-1;+1;/p-1. The third-order valence-electron chi connectivity index (χ3n) is 0.156. The Morgan fingerprint density at radius 2 is 0.697 bits per heavy atom. The van der Waals surface area contributed by atoms with Crippen LogP contribution in [-0.2, 0) is 9.98 Å². The van der Waals surface area contributed by atoms with Crippen molar-refractivity contribution in [3.8, 4) is 0 Å². The van der Waals surface area contributed by atoms with Crippen LogP contribution in [0.15, 0.2) is 31.9 Å². The van der Waals surface area contributed by atoms with E-state index in [1.165, 1.54) is 27.2 Å². The van der Waals surface area contributed by atoms with E-state index >= 15 is 0 Å². The van der Waals surface area contributed by atoms with Gasteiger partial charge in [0.2, 0.25) is 0 Å². The maximum absolute atomic E-state index is 8.76. The van der Waals surface area contributed by atoms with E-state index in [4.69, 9.17) is 66.0 Å². The minimum atomic E-state index is 0. The second-order valence-electron chi connectivity index (χ2n) is 0.867. The number of hydrogen-bond acceptors (Lipinski definition) is 19. The molecule has 0 bridgehead atoms. The summed E-state index contributed by atoms with van der Waals surface area (Å²) in [5.41, 5.74) is 2.47. The molecule has 0 amide bonds. The predicted molar refractivity (Wildman–Crippen MR) is 115 cm³/mol. The number of nitroso groups, excluding NO2 is 2. The van der Waals surface area contributed by atoms with Crippen molar-refractivity contribution in [1.29, 1.82) is 0 Å². The van der Waals surface area contributed by atoms with Gasteiger partial charge in [-0.05, 0) is 0 Å². The molecule has 0 fully saturated rings. The second kappa shape index (κ2) is 454. The maximum Gasteiger partial charge on any atom is 1.00 e. The average molecular weight is 528 g/mol. The van der Waals surface area contributed by atoms with Crippen LogP contribution in [0.3, 0.4) is 0 Å². The second-order valence-corrected chi connectivity index (χ2v) is 0.867. The SMILES string of the molecule is C.C.C.C.C.C.C.N[O-].O.O=NNOO.O=NNOO.O=NO.O=NO.O=NO.O=N[O-].[Na+]. The summed E-state index contributed by atoms with van der Waals surface area (Å²) < 4.78 is 0. The molecule has 0 aromatic carbocycles. The van der Waals surface area contributed by atoms with Gasteiger partial charge in [-0.2, -0.15) is 0 Å². The number of nitrogens with zero attached hydrogens (tertiary/aromatic N) is 6. The fraction of sp³-hybridized carbons (Fsp3) is 1.00. The smallest absolute Gasteiger partial charge is 0.790 e. The van der Waals surface area contributed by atoms with Gasteiger partial charge < -0.3 is 42.3 Å². The predicted octanol–water partition coefficient (Wildman–Crippen LogP) is 0.0755. The first kappa shape index (κ1) is 128. The minimum Gasteiger partial charge on any atom is -0.790 e. The summed E-state index contributed by atoms with van der Waals surface area (Å²) >= 11 is 0. The van der Waals surface area contributed by atoms with E-state index in [0.29, 0.717) is 0 Å². The average Bonchev–Trinajstić information content (AvgIpc) is 2.55. The molecule has 0 spiro atoms. The van der Waals surface area contributed by atoms with Gasteiger partial charge in [0.15, 0.2) is 16.0 Å². The summed E-state index contributed by atoms with van der Waals surface area (Å²) in [7, 11) is 0. The molecule has 210 valence electrons. The Hall–Kier alpha value is -2.88. The number of nitrogens with two attached hydrogens (primary N) is 1. The zero-order valence-electron chi connectivity index (χ0n) is 12.1. The van der Waals surface area contributed by atoms with Gasteiger partial charge in [-0.3, -0.25) is 0 Å². The molecule has 25 nitrogen and oxygen atoms in total. The normalized spacial score (nSPS) is 3.64. The molecule has 33 heavy (non-hydrogen) atoms. The van der Waals surface area contributed by atoms with E-state index in [1.807, 2.05) is 10.6 Å². The molecular formula is C7H39N9NaO16-. The van der Waals surface area contributed by atoms with Crippen molar-refractivity contribution in [3.63, 3.8) is 0 Å². The Bertz CT molecular complexity index is 204. The number of hydrogen-bond donors (Lipinski definition) is 8. The fourth-order valence-corrected chi connectivity index (χ4v) is 0.0333. The topological polar surface area (TPSA) is 424 Å². The van der Waals surface area contributed by atoms with Crippen LogP contribution in [0.25, 0.3) is 0 Å². The van der Waals surface area contributed by atoms with Crippen LogP contribution in [0.2, 0.25) is 0 Å². The summed E-state index contributed by atoms with van der Waals surface area (Å²) in [6, 6.07) is 0. The molecule has 0 unspecified atom stereocenters. The summed E-state index contributed by atoms with van der Waals surface area (Å²) in [6.07, 6.45) is 0. The van der Waals surface area contributed by atoms with Gasteiger partial charge in [0.25, 0.3) is 0 Å². The van der Waals surface area contributed by atoms with Gasteiger partial charge in [-0.25, -0.2) is 10.5 Å². The van der Waals surface area contributed by atoms with Crippen LogP contribution in [0.4, 0.5) is 0 Å². The summed E-state index contributed by atoms with van der Waals surface area (Å²) in [4.78, 5) is 55.8.